The molecule has 0 aliphatic heterocycles. The summed E-state index contributed by atoms with van der Waals surface area (Å²) in [5.74, 6) is -0.877. The molecule has 0 saturated carbocycles. The van der Waals surface area contributed by atoms with Gasteiger partial charge in [0.2, 0.25) is 0 Å². The van der Waals surface area contributed by atoms with Crippen LogP contribution in [0.1, 0.15) is 335 Å². The third-order valence-electron chi connectivity index (χ3n) is 14.6. The maximum atomic E-state index is 12.9. The van der Waals surface area contributed by atoms with Gasteiger partial charge in [-0.3, -0.25) is 14.4 Å². The van der Waals surface area contributed by atoms with E-state index in [1.54, 1.807) is 0 Å². The first-order valence-corrected chi connectivity index (χ1v) is 33.6. The quantitative estimate of drug-likeness (QED) is 0.0261. The van der Waals surface area contributed by atoms with Crippen molar-refractivity contribution in [2.45, 2.75) is 341 Å². The maximum Gasteiger partial charge on any atom is 0.306 e. The number of hydrogen-bond acceptors (Lipinski definition) is 6. The van der Waals surface area contributed by atoms with E-state index in [0.717, 1.165) is 109 Å². The van der Waals surface area contributed by atoms with Gasteiger partial charge in [-0.1, -0.05) is 305 Å². The molecule has 0 saturated heterocycles. The van der Waals surface area contributed by atoms with Gasteiger partial charge in [-0.2, -0.15) is 0 Å². The van der Waals surface area contributed by atoms with Crippen molar-refractivity contribution in [2.24, 2.45) is 0 Å². The zero-order valence-electron chi connectivity index (χ0n) is 51.7. The molecule has 0 aliphatic carbocycles. The van der Waals surface area contributed by atoms with Crippen molar-refractivity contribution in [1.82, 2.24) is 0 Å². The Hall–Kier alpha value is -3.41. The van der Waals surface area contributed by atoms with Gasteiger partial charge in [0.1, 0.15) is 13.2 Å². The molecule has 1 atom stereocenters. The van der Waals surface area contributed by atoms with Gasteiger partial charge in [0, 0.05) is 19.3 Å². The van der Waals surface area contributed by atoms with Crippen molar-refractivity contribution >= 4 is 17.9 Å². The fourth-order valence-electron chi connectivity index (χ4n) is 9.62. The van der Waals surface area contributed by atoms with Gasteiger partial charge in [0.25, 0.3) is 0 Å². The van der Waals surface area contributed by atoms with Gasteiger partial charge >= 0.3 is 17.9 Å². The standard InChI is InChI=1S/C72H126O6/c1-4-7-10-13-16-19-22-24-26-28-30-32-33-34-35-36-37-38-39-41-42-44-46-48-50-53-56-59-62-65-71(74)77-68-69(67-76-70(73)64-61-58-55-52-21-18-15-12-9-6-3)78-72(75)66-63-60-57-54-51-49-47-45-43-40-31-29-27-25-23-20-17-14-11-8-5-2/h7,10,16,19,23-26,29-32,43,45,69H,4-6,8-9,11-15,17-18,20-22,27-28,33-42,44,46-68H2,1-3H3/b10-7-,19-16-,25-23-,26-24-,31-29-,32-30-,45-43-. The third-order valence-corrected chi connectivity index (χ3v) is 14.6. The second kappa shape index (κ2) is 66.1. The van der Waals surface area contributed by atoms with Crippen LogP contribution < -0.4 is 0 Å². The van der Waals surface area contributed by atoms with Gasteiger partial charge < -0.3 is 14.2 Å². The maximum absolute atomic E-state index is 12.9. The van der Waals surface area contributed by atoms with Gasteiger partial charge in [-0.15, -0.1) is 0 Å². The van der Waals surface area contributed by atoms with Gasteiger partial charge in [0.15, 0.2) is 6.10 Å². The van der Waals surface area contributed by atoms with Crippen LogP contribution in [0.4, 0.5) is 0 Å². The molecule has 0 bridgehead atoms. The first-order chi connectivity index (χ1) is 38.5. The minimum Gasteiger partial charge on any atom is -0.462 e. The molecule has 450 valence electrons. The topological polar surface area (TPSA) is 78.9 Å². The molecule has 0 heterocycles. The minimum absolute atomic E-state index is 0.0778. The monoisotopic (exact) mass is 1090 g/mol. The molecule has 0 radical (unpaired) electrons. The lowest BCUT2D eigenvalue weighted by Gasteiger charge is -2.18. The van der Waals surface area contributed by atoms with E-state index in [1.807, 2.05) is 0 Å². The molecule has 0 aromatic rings. The number of carbonyl (C=O) groups is 3. The normalized spacial score (nSPS) is 12.6. The molecule has 0 spiro atoms. The third kappa shape index (κ3) is 63.4. The number of unbranched alkanes of at least 4 members (excludes halogenated alkanes) is 36. The average molecular weight is 1090 g/mol. The lowest BCUT2D eigenvalue weighted by molar-refractivity contribution is -0.167. The van der Waals surface area contributed by atoms with Crippen LogP contribution in [-0.2, 0) is 28.6 Å². The molecule has 0 aromatic heterocycles. The van der Waals surface area contributed by atoms with Crippen LogP contribution in [0.15, 0.2) is 85.1 Å². The van der Waals surface area contributed by atoms with E-state index >= 15 is 0 Å². The Morgan fingerprint density at radius 3 is 0.782 bits per heavy atom. The number of carbonyl (C=O) groups excluding carboxylic acids is 3. The summed E-state index contributed by atoms with van der Waals surface area (Å²) in [6.45, 7) is 6.53. The Bertz CT molecular complexity index is 1480. The fourth-order valence-corrected chi connectivity index (χ4v) is 9.62. The molecule has 78 heavy (non-hydrogen) atoms. The summed E-state index contributed by atoms with van der Waals surface area (Å²) in [6, 6.07) is 0. The lowest BCUT2D eigenvalue weighted by atomic mass is 10.0. The zero-order chi connectivity index (χ0) is 56.4. The highest BCUT2D eigenvalue weighted by molar-refractivity contribution is 5.71. The van der Waals surface area contributed by atoms with Gasteiger partial charge in [-0.25, -0.2) is 0 Å². The van der Waals surface area contributed by atoms with E-state index in [2.05, 4.69) is 106 Å². The van der Waals surface area contributed by atoms with Crippen LogP contribution in [0.5, 0.6) is 0 Å². The number of rotatable bonds is 61. The summed E-state index contributed by atoms with van der Waals surface area (Å²) >= 11 is 0. The molecule has 0 N–H and O–H groups in total. The molecular formula is C72H126O6. The van der Waals surface area contributed by atoms with E-state index in [0.29, 0.717) is 19.3 Å². The highest BCUT2D eigenvalue weighted by Gasteiger charge is 2.19. The smallest absolute Gasteiger partial charge is 0.306 e. The van der Waals surface area contributed by atoms with Crippen LogP contribution in [0.2, 0.25) is 0 Å². The fraction of sp³-hybridized carbons (Fsp3) is 0.764. The molecule has 6 heteroatoms. The summed E-state index contributed by atoms with van der Waals surface area (Å²) in [4.78, 5) is 38.3. The first-order valence-electron chi connectivity index (χ1n) is 33.6. The SMILES string of the molecule is CC/C=C\C/C=C\C/C=C\C/C=C\CCCCCCCCCCCCCCCCCCC(=O)OCC(COC(=O)CCCCCCCCCCCC)OC(=O)CCCCCCCC/C=C\C/C=C\C/C=C\CCCCCCC. The summed E-state index contributed by atoms with van der Waals surface area (Å²) in [5.41, 5.74) is 0. The van der Waals surface area contributed by atoms with E-state index in [9.17, 15) is 14.4 Å². The van der Waals surface area contributed by atoms with Crippen molar-refractivity contribution in [1.29, 1.82) is 0 Å². The molecule has 6 nitrogen and oxygen atoms in total. The van der Waals surface area contributed by atoms with Crippen molar-refractivity contribution in [3.8, 4) is 0 Å². The summed E-state index contributed by atoms with van der Waals surface area (Å²) < 4.78 is 16.9. The van der Waals surface area contributed by atoms with E-state index < -0.39 is 6.10 Å². The Kier molecular flexibility index (Phi) is 63.2. The molecular weight excluding hydrogens is 961 g/mol. The van der Waals surface area contributed by atoms with Crippen molar-refractivity contribution in [3.63, 3.8) is 0 Å². The van der Waals surface area contributed by atoms with Crippen LogP contribution in [0.25, 0.3) is 0 Å². The summed E-state index contributed by atoms with van der Waals surface area (Å²) in [5, 5.41) is 0. The molecule has 1 unspecified atom stereocenters. The Balaban J connectivity index is 4.20. The lowest BCUT2D eigenvalue weighted by Crippen LogP contribution is -2.30. The van der Waals surface area contributed by atoms with Crippen LogP contribution in [0.3, 0.4) is 0 Å². The minimum atomic E-state index is -0.781. The van der Waals surface area contributed by atoms with E-state index in [1.165, 1.54) is 186 Å². The second-order valence-corrected chi connectivity index (χ2v) is 22.4. The van der Waals surface area contributed by atoms with Crippen LogP contribution >= 0.6 is 0 Å². The predicted molar refractivity (Wildman–Crippen MR) is 339 cm³/mol. The highest BCUT2D eigenvalue weighted by Crippen LogP contribution is 2.17. The molecule has 0 amide bonds. The van der Waals surface area contributed by atoms with Crippen LogP contribution in [0, 0.1) is 0 Å². The Morgan fingerprint density at radius 1 is 0.269 bits per heavy atom. The molecule has 0 fully saturated rings. The number of ether oxygens (including phenoxy) is 3. The Labute approximate surface area is 484 Å². The summed E-state index contributed by atoms with van der Waals surface area (Å²) in [7, 11) is 0. The van der Waals surface area contributed by atoms with Gasteiger partial charge in [-0.05, 0) is 96.3 Å². The highest BCUT2D eigenvalue weighted by atomic mass is 16.6. The molecule has 0 rings (SSSR count). The van der Waals surface area contributed by atoms with Crippen molar-refractivity contribution in [2.75, 3.05) is 13.2 Å². The predicted octanol–water partition coefficient (Wildman–Crippen LogP) is 23.1. The molecule has 0 aromatic carbocycles. The Morgan fingerprint density at radius 2 is 0.500 bits per heavy atom. The largest absolute Gasteiger partial charge is 0.462 e. The van der Waals surface area contributed by atoms with Crippen LogP contribution in [-0.4, -0.2) is 37.2 Å². The average Bonchev–Trinajstić information content (AvgIpc) is 3.44. The second-order valence-electron chi connectivity index (χ2n) is 22.4. The van der Waals surface area contributed by atoms with E-state index in [4.69, 9.17) is 14.2 Å². The zero-order valence-corrected chi connectivity index (χ0v) is 51.7. The summed E-state index contributed by atoms with van der Waals surface area (Å²) in [6.07, 6.45) is 87.5. The molecule has 0 aliphatic rings. The van der Waals surface area contributed by atoms with Crippen molar-refractivity contribution < 1.29 is 28.6 Å². The first kappa shape index (κ1) is 74.6. The van der Waals surface area contributed by atoms with Gasteiger partial charge in [0.05, 0.1) is 0 Å². The number of esters is 3. The number of hydrogen-bond donors (Lipinski definition) is 0. The van der Waals surface area contributed by atoms with Crippen molar-refractivity contribution in [3.05, 3.63) is 85.1 Å². The number of allylic oxidation sites excluding steroid dienone is 14. The van der Waals surface area contributed by atoms with E-state index in [-0.39, 0.29) is 31.1 Å².